The average molecular weight is 274 g/mol. The number of aliphatic hydroxyl groups excluding tert-OH is 1. The van der Waals surface area contributed by atoms with Crippen LogP contribution in [0.2, 0.25) is 0 Å². The van der Waals surface area contributed by atoms with Crippen LogP contribution in [0, 0.1) is 11.8 Å². The molecule has 0 saturated heterocycles. The second-order valence-corrected chi connectivity index (χ2v) is 6.86. The van der Waals surface area contributed by atoms with Crippen LogP contribution in [-0.2, 0) is 6.42 Å². The summed E-state index contributed by atoms with van der Waals surface area (Å²) in [6.07, 6.45) is 7.01. The molecule has 1 nitrogen and oxygen atoms in total. The van der Waals surface area contributed by atoms with Crippen molar-refractivity contribution in [2.45, 2.75) is 71.3 Å². The molecule has 1 aliphatic carbocycles. The Hall–Kier alpha value is -0.820. The van der Waals surface area contributed by atoms with E-state index in [0.717, 1.165) is 12.3 Å². The summed E-state index contributed by atoms with van der Waals surface area (Å²) in [6.45, 7) is 6.73. The van der Waals surface area contributed by atoms with E-state index in [1.54, 1.807) is 0 Å². The number of hydrogen-bond acceptors (Lipinski definition) is 1. The maximum Gasteiger partial charge on any atom is 0.0608 e. The van der Waals surface area contributed by atoms with Crippen LogP contribution in [0.5, 0.6) is 0 Å². The molecule has 0 amide bonds. The molecule has 1 aromatic carbocycles. The van der Waals surface area contributed by atoms with Crippen molar-refractivity contribution >= 4 is 0 Å². The van der Waals surface area contributed by atoms with Gasteiger partial charge in [-0.2, -0.15) is 0 Å². The second kappa shape index (κ2) is 7.26. The smallest absolute Gasteiger partial charge is 0.0608 e. The lowest BCUT2D eigenvalue weighted by molar-refractivity contribution is 0.0735. The highest BCUT2D eigenvalue weighted by atomic mass is 16.3. The summed E-state index contributed by atoms with van der Waals surface area (Å²) < 4.78 is 0. The first kappa shape index (κ1) is 15.6. The van der Waals surface area contributed by atoms with Gasteiger partial charge in [-0.3, -0.25) is 0 Å². The van der Waals surface area contributed by atoms with Crippen molar-refractivity contribution in [2.24, 2.45) is 11.8 Å². The number of benzene rings is 1. The summed E-state index contributed by atoms with van der Waals surface area (Å²) in [6, 6.07) is 8.80. The normalized spacial score (nSPS) is 24.9. The largest absolute Gasteiger partial charge is 0.392 e. The number of hydrogen-bond donors (Lipinski definition) is 1. The molecule has 0 heterocycles. The van der Waals surface area contributed by atoms with Crippen molar-refractivity contribution < 1.29 is 5.11 Å². The van der Waals surface area contributed by atoms with Gasteiger partial charge in [0.05, 0.1) is 6.10 Å². The summed E-state index contributed by atoms with van der Waals surface area (Å²) in [7, 11) is 0. The molecule has 1 atom stereocenters. The molecule has 20 heavy (non-hydrogen) atoms. The summed E-state index contributed by atoms with van der Waals surface area (Å²) in [5.41, 5.74) is 2.66. The van der Waals surface area contributed by atoms with Gasteiger partial charge in [0, 0.05) is 0 Å². The third-order valence-electron chi connectivity index (χ3n) is 5.10. The van der Waals surface area contributed by atoms with Crippen molar-refractivity contribution in [3.8, 4) is 0 Å². The SMILES string of the molecule is CCC1CCC(C(O)Cc2ccc(C(C)C)cc2)CC1. The molecular formula is C19H30O. The summed E-state index contributed by atoms with van der Waals surface area (Å²) in [5.74, 6) is 2.00. The maximum absolute atomic E-state index is 10.5. The molecule has 1 saturated carbocycles. The van der Waals surface area contributed by atoms with E-state index in [-0.39, 0.29) is 6.10 Å². The Morgan fingerprint density at radius 1 is 1.05 bits per heavy atom. The first-order chi connectivity index (χ1) is 9.60. The van der Waals surface area contributed by atoms with Gasteiger partial charge in [0.1, 0.15) is 0 Å². The molecule has 0 aromatic heterocycles. The minimum absolute atomic E-state index is 0.155. The Morgan fingerprint density at radius 2 is 1.65 bits per heavy atom. The predicted octanol–water partition coefficient (Wildman–Crippen LogP) is 4.93. The lowest BCUT2D eigenvalue weighted by Gasteiger charge is -2.31. The van der Waals surface area contributed by atoms with Crippen molar-refractivity contribution in [1.82, 2.24) is 0 Å². The van der Waals surface area contributed by atoms with Gasteiger partial charge in [0.2, 0.25) is 0 Å². The van der Waals surface area contributed by atoms with Crippen molar-refractivity contribution in [3.05, 3.63) is 35.4 Å². The summed E-state index contributed by atoms with van der Waals surface area (Å²) >= 11 is 0. The van der Waals surface area contributed by atoms with Crippen molar-refractivity contribution in [3.63, 3.8) is 0 Å². The molecule has 0 spiro atoms. The fraction of sp³-hybridized carbons (Fsp3) is 0.684. The quantitative estimate of drug-likeness (QED) is 0.807. The average Bonchev–Trinajstić information content (AvgIpc) is 2.48. The predicted molar refractivity (Wildman–Crippen MR) is 86.0 cm³/mol. The van der Waals surface area contributed by atoms with Crippen LogP contribution >= 0.6 is 0 Å². The van der Waals surface area contributed by atoms with E-state index in [2.05, 4.69) is 45.0 Å². The second-order valence-electron chi connectivity index (χ2n) is 6.86. The highest BCUT2D eigenvalue weighted by Crippen LogP contribution is 2.33. The first-order valence-electron chi connectivity index (χ1n) is 8.37. The highest BCUT2D eigenvalue weighted by Gasteiger charge is 2.25. The Kier molecular flexibility index (Phi) is 5.65. The van der Waals surface area contributed by atoms with Crippen LogP contribution in [-0.4, -0.2) is 11.2 Å². The molecule has 1 unspecified atom stereocenters. The van der Waals surface area contributed by atoms with Gasteiger partial charge in [0.25, 0.3) is 0 Å². The molecule has 0 radical (unpaired) electrons. The lowest BCUT2D eigenvalue weighted by Crippen LogP contribution is -2.27. The Morgan fingerprint density at radius 3 is 2.15 bits per heavy atom. The molecular weight excluding hydrogens is 244 g/mol. The van der Waals surface area contributed by atoms with Gasteiger partial charge in [-0.25, -0.2) is 0 Å². The van der Waals surface area contributed by atoms with Crippen LogP contribution in [0.1, 0.15) is 69.9 Å². The Balaban J connectivity index is 1.86. The molecule has 1 heteroatoms. The molecule has 112 valence electrons. The van der Waals surface area contributed by atoms with Gasteiger partial charge in [-0.1, -0.05) is 64.3 Å². The monoisotopic (exact) mass is 274 g/mol. The Bertz CT molecular complexity index is 385. The van der Waals surface area contributed by atoms with Gasteiger partial charge < -0.3 is 5.11 Å². The Labute approximate surface area is 124 Å². The topological polar surface area (TPSA) is 20.2 Å². The molecule has 1 aromatic rings. The third-order valence-corrected chi connectivity index (χ3v) is 5.10. The van der Waals surface area contributed by atoms with Crippen LogP contribution in [0.15, 0.2) is 24.3 Å². The molecule has 0 aliphatic heterocycles. The molecule has 1 N–H and O–H groups in total. The summed E-state index contributed by atoms with van der Waals surface area (Å²) in [4.78, 5) is 0. The van der Waals surface area contributed by atoms with Gasteiger partial charge in [0.15, 0.2) is 0 Å². The van der Waals surface area contributed by atoms with Crippen LogP contribution in [0.25, 0.3) is 0 Å². The third kappa shape index (κ3) is 4.09. The molecule has 1 aliphatic rings. The zero-order chi connectivity index (χ0) is 14.5. The van der Waals surface area contributed by atoms with Gasteiger partial charge in [-0.05, 0) is 48.1 Å². The molecule has 0 bridgehead atoms. The van der Waals surface area contributed by atoms with E-state index in [1.165, 1.54) is 43.2 Å². The fourth-order valence-electron chi connectivity index (χ4n) is 3.43. The standard InChI is InChI=1S/C19H30O/c1-4-15-5-11-18(12-6-15)19(20)13-16-7-9-17(10-8-16)14(2)3/h7-10,14-15,18-20H,4-6,11-13H2,1-3H3. The van der Waals surface area contributed by atoms with Gasteiger partial charge in [-0.15, -0.1) is 0 Å². The van der Waals surface area contributed by atoms with E-state index < -0.39 is 0 Å². The van der Waals surface area contributed by atoms with E-state index >= 15 is 0 Å². The highest BCUT2D eigenvalue weighted by molar-refractivity contribution is 5.25. The van der Waals surface area contributed by atoms with Gasteiger partial charge >= 0.3 is 0 Å². The first-order valence-corrected chi connectivity index (χ1v) is 8.37. The number of rotatable bonds is 5. The zero-order valence-electron chi connectivity index (χ0n) is 13.3. The number of aliphatic hydroxyl groups is 1. The fourth-order valence-corrected chi connectivity index (χ4v) is 3.43. The van der Waals surface area contributed by atoms with Crippen LogP contribution in [0.4, 0.5) is 0 Å². The van der Waals surface area contributed by atoms with Crippen molar-refractivity contribution in [1.29, 1.82) is 0 Å². The van der Waals surface area contributed by atoms with E-state index in [4.69, 9.17) is 0 Å². The maximum atomic E-state index is 10.5. The van der Waals surface area contributed by atoms with E-state index in [9.17, 15) is 5.11 Å². The van der Waals surface area contributed by atoms with Crippen LogP contribution < -0.4 is 0 Å². The molecule has 2 rings (SSSR count). The lowest BCUT2D eigenvalue weighted by atomic mass is 9.77. The van der Waals surface area contributed by atoms with Crippen molar-refractivity contribution in [2.75, 3.05) is 0 Å². The summed E-state index contributed by atoms with van der Waals surface area (Å²) in [5, 5.41) is 10.5. The molecule has 1 fully saturated rings. The van der Waals surface area contributed by atoms with E-state index in [1.807, 2.05) is 0 Å². The van der Waals surface area contributed by atoms with Crippen LogP contribution in [0.3, 0.4) is 0 Å². The minimum atomic E-state index is -0.155. The zero-order valence-corrected chi connectivity index (χ0v) is 13.3. The van der Waals surface area contributed by atoms with E-state index in [0.29, 0.717) is 11.8 Å². The minimum Gasteiger partial charge on any atom is -0.392 e.